The maximum Gasteiger partial charge on any atom is 0.323 e. The summed E-state index contributed by atoms with van der Waals surface area (Å²) in [5.41, 5.74) is 1.97. The lowest BCUT2D eigenvalue weighted by molar-refractivity contribution is -0.142. The van der Waals surface area contributed by atoms with Gasteiger partial charge in [-0.2, -0.15) is 0 Å². The van der Waals surface area contributed by atoms with Crippen molar-refractivity contribution in [3.8, 4) is 0 Å². The van der Waals surface area contributed by atoms with Crippen molar-refractivity contribution in [3.63, 3.8) is 0 Å². The molecule has 0 spiro atoms. The van der Waals surface area contributed by atoms with E-state index in [1.54, 1.807) is 6.08 Å². The van der Waals surface area contributed by atoms with Gasteiger partial charge in [0.2, 0.25) is 5.91 Å². The number of nitrogens with zero attached hydrogens (tertiary/aromatic N) is 1. The maximum atomic E-state index is 11.9. The molecule has 1 N–H and O–H groups in total. The van der Waals surface area contributed by atoms with E-state index >= 15 is 0 Å². The SMILES string of the molecule is C=CCN(CC(=O)O)C(=O)C=Cc1ccc(C)cc1Br. The summed E-state index contributed by atoms with van der Waals surface area (Å²) in [6.07, 6.45) is 4.52. The fourth-order valence-electron chi connectivity index (χ4n) is 1.59. The monoisotopic (exact) mass is 337 g/mol. The second-order valence-electron chi connectivity index (χ2n) is 4.26. The van der Waals surface area contributed by atoms with Crippen LogP contribution < -0.4 is 0 Å². The zero-order chi connectivity index (χ0) is 15.1. The van der Waals surface area contributed by atoms with Gasteiger partial charge in [0.05, 0.1) is 0 Å². The highest BCUT2D eigenvalue weighted by Crippen LogP contribution is 2.19. The highest BCUT2D eigenvalue weighted by Gasteiger charge is 2.12. The molecular formula is C15H16BrNO3. The number of carbonyl (C=O) groups is 2. The third kappa shape index (κ3) is 5.01. The number of hydrogen-bond donors (Lipinski definition) is 1. The zero-order valence-electron chi connectivity index (χ0n) is 11.2. The molecule has 0 fully saturated rings. The summed E-state index contributed by atoms with van der Waals surface area (Å²) in [7, 11) is 0. The number of halogens is 1. The Kier molecular flexibility index (Phi) is 6.18. The Labute approximate surface area is 126 Å². The third-order valence-corrected chi connectivity index (χ3v) is 3.24. The van der Waals surface area contributed by atoms with Gasteiger partial charge in [0.15, 0.2) is 0 Å². The first kappa shape index (κ1) is 16.2. The van der Waals surface area contributed by atoms with Gasteiger partial charge in [0.1, 0.15) is 6.54 Å². The van der Waals surface area contributed by atoms with Crippen molar-refractivity contribution in [3.05, 3.63) is 52.5 Å². The number of rotatable bonds is 6. The van der Waals surface area contributed by atoms with Crippen molar-refractivity contribution in [1.29, 1.82) is 0 Å². The van der Waals surface area contributed by atoms with Gasteiger partial charge in [-0.1, -0.05) is 34.1 Å². The molecule has 1 aromatic rings. The Morgan fingerprint density at radius 2 is 2.15 bits per heavy atom. The van der Waals surface area contributed by atoms with Crippen LogP contribution in [-0.2, 0) is 9.59 Å². The van der Waals surface area contributed by atoms with Crippen molar-refractivity contribution in [1.82, 2.24) is 4.90 Å². The molecule has 0 bridgehead atoms. The topological polar surface area (TPSA) is 57.6 Å². The minimum absolute atomic E-state index is 0.199. The van der Waals surface area contributed by atoms with Gasteiger partial charge in [-0.15, -0.1) is 6.58 Å². The van der Waals surface area contributed by atoms with Crippen LogP contribution in [-0.4, -0.2) is 35.0 Å². The standard InChI is InChI=1S/C15H16BrNO3/c1-3-8-17(10-15(19)20)14(18)7-6-12-5-4-11(2)9-13(12)16/h3-7,9H,1,8,10H2,2H3,(H,19,20). The first-order chi connectivity index (χ1) is 9.43. The van der Waals surface area contributed by atoms with Crippen LogP contribution in [0.25, 0.3) is 6.08 Å². The molecule has 0 aromatic heterocycles. The molecule has 106 valence electrons. The molecule has 0 saturated carbocycles. The van der Waals surface area contributed by atoms with E-state index in [1.165, 1.54) is 17.1 Å². The van der Waals surface area contributed by atoms with Gasteiger partial charge in [0, 0.05) is 17.1 Å². The molecule has 5 heteroatoms. The summed E-state index contributed by atoms with van der Waals surface area (Å²) >= 11 is 3.42. The molecule has 1 aromatic carbocycles. The number of amides is 1. The molecule has 0 heterocycles. The average molecular weight is 338 g/mol. The number of aryl methyl sites for hydroxylation is 1. The van der Waals surface area contributed by atoms with Crippen LogP contribution in [0.15, 0.2) is 41.4 Å². The second-order valence-corrected chi connectivity index (χ2v) is 5.11. The Morgan fingerprint density at radius 1 is 1.45 bits per heavy atom. The fraction of sp³-hybridized carbons (Fsp3) is 0.200. The number of aliphatic carboxylic acids is 1. The first-order valence-corrected chi connectivity index (χ1v) is 6.79. The number of hydrogen-bond acceptors (Lipinski definition) is 2. The molecule has 0 unspecified atom stereocenters. The van der Waals surface area contributed by atoms with Crippen molar-refractivity contribution in [2.75, 3.05) is 13.1 Å². The molecule has 1 amide bonds. The Bertz CT molecular complexity index is 552. The molecule has 0 radical (unpaired) electrons. The molecular weight excluding hydrogens is 322 g/mol. The van der Waals surface area contributed by atoms with Crippen molar-refractivity contribution in [2.24, 2.45) is 0 Å². The van der Waals surface area contributed by atoms with Gasteiger partial charge in [-0.25, -0.2) is 0 Å². The molecule has 4 nitrogen and oxygen atoms in total. The van der Waals surface area contributed by atoms with Gasteiger partial charge in [-0.3, -0.25) is 9.59 Å². The van der Waals surface area contributed by atoms with E-state index in [0.29, 0.717) is 0 Å². The lowest BCUT2D eigenvalue weighted by Crippen LogP contribution is -2.34. The van der Waals surface area contributed by atoms with Gasteiger partial charge >= 0.3 is 5.97 Å². The van der Waals surface area contributed by atoms with E-state index in [4.69, 9.17) is 5.11 Å². The average Bonchev–Trinajstić information content (AvgIpc) is 2.36. The van der Waals surface area contributed by atoms with E-state index in [9.17, 15) is 9.59 Å². The Balaban J connectivity index is 2.83. The number of carboxylic acid groups (broad SMARTS) is 1. The van der Waals surface area contributed by atoms with Crippen LogP contribution >= 0.6 is 15.9 Å². The van der Waals surface area contributed by atoms with Crippen LogP contribution in [0.3, 0.4) is 0 Å². The van der Waals surface area contributed by atoms with Gasteiger partial charge in [-0.05, 0) is 30.2 Å². The lowest BCUT2D eigenvalue weighted by Gasteiger charge is -2.16. The molecule has 20 heavy (non-hydrogen) atoms. The number of benzene rings is 1. The van der Waals surface area contributed by atoms with Gasteiger partial charge in [0.25, 0.3) is 0 Å². The van der Waals surface area contributed by atoms with E-state index in [2.05, 4.69) is 22.5 Å². The van der Waals surface area contributed by atoms with E-state index < -0.39 is 5.97 Å². The van der Waals surface area contributed by atoms with Crippen molar-refractivity contribution in [2.45, 2.75) is 6.92 Å². The highest BCUT2D eigenvalue weighted by molar-refractivity contribution is 9.10. The van der Waals surface area contributed by atoms with Crippen molar-refractivity contribution < 1.29 is 14.7 Å². The molecule has 0 saturated heterocycles. The Hall–Kier alpha value is -1.88. The highest BCUT2D eigenvalue weighted by atomic mass is 79.9. The molecule has 0 aliphatic carbocycles. The Morgan fingerprint density at radius 3 is 2.70 bits per heavy atom. The van der Waals surface area contributed by atoms with Crippen LogP contribution in [0.5, 0.6) is 0 Å². The smallest absolute Gasteiger partial charge is 0.323 e. The summed E-state index contributed by atoms with van der Waals surface area (Å²) in [6.45, 7) is 5.34. The molecule has 0 aliphatic rings. The van der Waals surface area contributed by atoms with Crippen LogP contribution in [0.2, 0.25) is 0 Å². The minimum Gasteiger partial charge on any atom is -0.480 e. The van der Waals surface area contributed by atoms with Gasteiger partial charge < -0.3 is 10.0 Å². The number of carbonyl (C=O) groups excluding carboxylic acids is 1. The van der Waals surface area contributed by atoms with Crippen molar-refractivity contribution >= 4 is 33.9 Å². The largest absolute Gasteiger partial charge is 0.480 e. The van der Waals surface area contributed by atoms with E-state index in [-0.39, 0.29) is 19.0 Å². The molecule has 1 rings (SSSR count). The summed E-state index contributed by atoms with van der Waals surface area (Å²) in [5, 5.41) is 8.76. The maximum absolute atomic E-state index is 11.9. The van der Waals surface area contributed by atoms with E-state index in [1.807, 2.05) is 25.1 Å². The summed E-state index contributed by atoms with van der Waals surface area (Å²) < 4.78 is 0.884. The molecule has 0 atom stereocenters. The first-order valence-electron chi connectivity index (χ1n) is 6.00. The predicted octanol–water partition coefficient (Wildman–Crippen LogP) is 2.87. The summed E-state index contributed by atoms with van der Waals surface area (Å²) in [6, 6.07) is 5.77. The second kappa shape index (κ2) is 7.65. The normalized spacial score (nSPS) is 10.5. The van der Waals surface area contributed by atoms with Crippen LogP contribution in [0, 0.1) is 6.92 Å². The number of carboxylic acids is 1. The summed E-state index contributed by atoms with van der Waals surface area (Å²) in [4.78, 5) is 23.8. The van der Waals surface area contributed by atoms with Crippen LogP contribution in [0.4, 0.5) is 0 Å². The predicted molar refractivity (Wildman–Crippen MR) is 82.3 cm³/mol. The minimum atomic E-state index is -1.05. The third-order valence-electron chi connectivity index (χ3n) is 2.55. The summed E-state index contributed by atoms with van der Waals surface area (Å²) in [5.74, 6) is -1.41. The van der Waals surface area contributed by atoms with Crippen LogP contribution in [0.1, 0.15) is 11.1 Å². The fourth-order valence-corrected chi connectivity index (χ4v) is 2.21. The zero-order valence-corrected chi connectivity index (χ0v) is 12.8. The quantitative estimate of drug-likeness (QED) is 0.641. The molecule has 0 aliphatic heterocycles. The van der Waals surface area contributed by atoms with E-state index in [0.717, 1.165) is 15.6 Å². The lowest BCUT2D eigenvalue weighted by atomic mass is 10.1.